The fourth-order valence-electron chi connectivity index (χ4n) is 3.85. The van der Waals surface area contributed by atoms with E-state index in [2.05, 4.69) is 5.16 Å². The zero-order valence-corrected chi connectivity index (χ0v) is 16.1. The number of carbonyl (C=O) groups excluding carboxylic acids is 1. The molecule has 1 atom stereocenters. The van der Waals surface area contributed by atoms with Gasteiger partial charge in [-0.25, -0.2) is 0 Å². The van der Waals surface area contributed by atoms with Crippen molar-refractivity contribution in [2.24, 2.45) is 5.92 Å². The Kier molecular flexibility index (Phi) is 4.86. The first-order valence-electron chi connectivity index (χ1n) is 9.48. The average molecular weight is 377 g/mol. The molecule has 1 aliphatic rings. The molecule has 2 aromatic heterocycles. The van der Waals surface area contributed by atoms with Gasteiger partial charge in [-0.2, -0.15) is 0 Å². The summed E-state index contributed by atoms with van der Waals surface area (Å²) in [6.45, 7) is 5.28. The highest BCUT2D eigenvalue weighted by Crippen LogP contribution is 2.27. The van der Waals surface area contributed by atoms with E-state index < -0.39 is 0 Å². The molecule has 3 heterocycles. The first-order valence-corrected chi connectivity index (χ1v) is 9.48. The van der Waals surface area contributed by atoms with Gasteiger partial charge in [-0.1, -0.05) is 11.2 Å². The van der Waals surface area contributed by atoms with Crippen LogP contribution in [-0.4, -0.2) is 39.1 Å². The summed E-state index contributed by atoms with van der Waals surface area (Å²) in [6, 6.07) is 12.4. The normalized spacial score (nSPS) is 16.5. The van der Waals surface area contributed by atoms with Crippen LogP contribution in [0.4, 0.5) is 0 Å². The lowest BCUT2D eigenvalue weighted by Gasteiger charge is -2.16. The van der Waals surface area contributed by atoms with Crippen molar-refractivity contribution in [1.29, 1.82) is 0 Å². The maximum atomic E-state index is 12.7. The largest absolute Gasteiger partial charge is 0.508 e. The molecular weight excluding hydrogens is 354 g/mol. The van der Waals surface area contributed by atoms with Gasteiger partial charge in [-0.15, -0.1) is 0 Å². The molecule has 0 spiro atoms. The number of amides is 1. The first-order chi connectivity index (χ1) is 13.5. The van der Waals surface area contributed by atoms with Gasteiger partial charge in [0, 0.05) is 24.3 Å². The number of phenols is 1. The van der Waals surface area contributed by atoms with E-state index in [1.54, 1.807) is 24.3 Å². The van der Waals surface area contributed by atoms with Crippen LogP contribution >= 0.6 is 0 Å². The standard InChI is InChI=1S/C22H23N3O3/c1-14-21(15(2)28-24-14)20-5-3-4-18(23-20)12-16-10-11-25(13-16)22(27)17-6-8-19(26)9-7-17/h3-9,16,26H,10-13H2,1-2H3/t16-/m1/s1. The van der Waals surface area contributed by atoms with Crippen molar-refractivity contribution < 1.29 is 14.4 Å². The summed E-state index contributed by atoms with van der Waals surface area (Å²) in [6.07, 6.45) is 1.79. The third kappa shape index (κ3) is 3.63. The Hall–Kier alpha value is -3.15. The quantitative estimate of drug-likeness (QED) is 0.749. The van der Waals surface area contributed by atoms with Gasteiger partial charge in [0.25, 0.3) is 5.91 Å². The van der Waals surface area contributed by atoms with Gasteiger partial charge in [0.15, 0.2) is 0 Å². The summed E-state index contributed by atoms with van der Waals surface area (Å²) in [4.78, 5) is 19.3. The predicted molar refractivity (Wildman–Crippen MR) is 105 cm³/mol. The first kappa shape index (κ1) is 18.2. The fraction of sp³-hybridized carbons (Fsp3) is 0.318. The molecule has 0 bridgehead atoms. The summed E-state index contributed by atoms with van der Waals surface area (Å²) in [5, 5.41) is 13.4. The maximum Gasteiger partial charge on any atom is 0.253 e. The molecule has 4 rings (SSSR count). The molecule has 0 aliphatic carbocycles. The Morgan fingerprint density at radius 1 is 1.21 bits per heavy atom. The van der Waals surface area contributed by atoms with Gasteiger partial charge in [0.2, 0.25) is 0 Å². The molecule has 1 amide bonds. The molecule has 1 fully saturated rings. The topological polar surface area (TPSA) is 79.5 Å². The number of hydrogen-bond donors (Lipinski definition) is 1. The van der Waals surface area contributed by atoms with Gasteiger partial charge in [-0.3, -0.25) is 9.78 Å². The van der Waals surface area contributed by atoms with E-state index in [1.807, 2.05) is 36.9 Å². The predicted octanol–water partition coefficient (Wildman–Crippen LogP) is 3.76. The molecule has 3 aromatic rings. The van der Waals surface area contributed by atoms with Crippen LogP contribution in [0.1, 0.15) is 33.9 Å². The summed E-state index contributed by atoms with van der Waals surface area (Å²) >= 11 is 0. The van der Waals surface area contributed by atoms with E-state index in [1.165, 1.54) is 0 Å². The number of pyridine rings is 1. The van der Waals surface area contributed by atoms with Crippen molar-refractivity contribution in [3.63, 3.8) is 0 Å². The van der Waals surface area contributed by atoms with Crippen molar-refractivity contribution in [3.05, 3.63) is 65.2 Å². The Bertz CT molecular complexity index is 975. The third-order valence-electron chi connectivity index (χ3n) is 5.28. The number of rotatable bonds is 4. The summed E-state index contributed by atoms with van der Waals surface area (Å²) < 4.78 is 5.26. The minimum Gasteiger partial charge on any atom is -0.508 e. The Morgan fingerprint density at radius 2 is 2.00 bits per heavy atom. The molecule has 6 heteroatoms. The number of hydrogen-bond acceptors (Lipinski definition) is 5. The minimum absolute atomic E-state index is 0.0138. The number of aromatic hydroxyl groups is 1. The van der Waals surface area contributed by atoms with E-state index in [4.69, 9.17) is 9.51 Å². The molecule has 144 valence electrons. The lowest BCUT2D eigenvalue weighted by molar-refractivity contribution is 0.0787. The van der Waals surface area contributed by atoms with Crippen LogP contribution in [-0.2, 0) is 6.42 Å². The summed E-state index contributed by atoms with van der Waals surface area (Å²) in [5.74, 6) is 1.34. The molecule has 1 aliphatic heterocycles. The number of likely N-dealkylation sites (tertiary alicyclic amines) is 1. The second-order valence-corrected chi connectivity index (χ2v) is 7.37. The van der Waals surface area contributed by atoms with Crippen LogP contribution < -0.4 is 0 Å². The number of aryl methyl sites for hydroxylation is 2. The van der Waals surface area contributed by atoms with E-state index >= 15 is 0 Å². The molecule has 6 nitrogen and oxygen atoms in total. The van der Waals surface area contributed by atoms with Crippen molar-refractivity contribution in [3.8, 4) is 17.0 Å². The Labute approximate surface area is 163 Å². The van der Waals surface area contributed by atoms with Gasteiger partial charge < -0.3 is 14.5 Å². The Balaban J connectivity index is 1.44. The van der Waals surface area contributed by atoms with Crippen LogP contribution in [0.3, 0.4) is 0 Å². The number of phenolic OH excluding ortho intramolecular Hbond substituents is 1. The second kappa shape index (κ2) is 7.46. The number of carbonyl (C=O) groups is 1. The number of benzene rings is 1. The van der Waals surface area contributed by atoms with Crippen LogP contribution in [0.15, 0.2) is 47.0 Å². The van der Waals surface area contributed by atoms with E-state index in [-0.39, 0.29) is 11.7 Å². The lowest BCUT2D eigenvalue weighted by atomic mass is 10.0. The number of nitrogens with zero attached hydrogens (tertiary/aromatic N) is 3. The maximum absolute atomic E-state index is 12.7. The SMILES string of the molecule is Cc1noc(C)c1-c1cccc(C[C@H]2CCN(C(=O)c3ccc(O)cc3)C2)n1. The minimum atomic E-state index is 0.0138. The molecule has 1 aromatic carbocycles. The molecular formula is C22H23N3O3. The fourth-order valence-corrected chi connectivity index (χ4v) is 3.85. The van der Waals surface area contributed by atoms with Crippen molar-refractivity contribution in [1.82, 2.24) is 15.0 Å². The zero-order valence-electron chi connectivity index (χ0n) is 16.1. The van der Waals surface area contributed by atoms with Crippen LogP contribution in [0.2, 0.25) is 0 Å². The Morgan fingerprint density at radius 3 is 2.71 bits per heavy atom. The lowest BCUT2D eigenvalue weighted by Crippen LogP contribution is -2.28. The number of aromatic nitrogens is 2. The van der Waals surface area contributed by atoms with Crippen LogP contribution in [0.25, 0.3) is 11.3 Å². The highest BCUT2D eigenvalue weighted by molar-refractivity contribution is 5.94. The van der Waals surface area contributed by atoms with Gasteiger partial charge in [-0.05, 0) is 69.0 Å². The highest BCUT2D eigenvalue weighted by Gasteiger charge is 2.27. The second-order valence-electron chi connectivity index (χ2n) is 7.37. The zero-order chi connectivity index (χ0) is 19.7. The van der Waals surface area contributed by atoms with Crippen molar-refractivity contribution in [2.45, 2.75) is 26.7 Å². The molecule has 0 saturated carbocycles. The van der Waals surface area contributed by atoms with Gasteiger partial charge >= 0.3 is 0 Å². The molecule has 0 radical (unpaired) electrons. The highest BCUT2D eigenvalue weighted by atomic mass is 16.5. The summed E-state index contributed by atoms with van der Waals surface area (Å²) in [7, 11) is 0. The van der Waals surface area contributed by atoms with Gasteiger partial charge in [0.1, 0.15) is 11.5 Å². The molecule has 1 saturated heterocycles. The van der Waals surface area contributed by atoms with Crippen LogP contribution in [0.5, 0.6) is 5.75 Å². The van der Waals surface area contributed by atoms with E-state index in [9.17, 15) is 9.90 Å². The van der Waals surface area contributed by atoms with E-state index in [0.29, 0.717) is 11.5 Å². The van der Waals surface area contributed by atoms with Crippen molar-refractivity contribution in [2.75, 3.05) is 13.1 Å². The molecule has 0 unspecified atom stereocenters. The van der Waals surface area contributed by atoms with Gasteiger partial charge in [0.05, 0.1) is 17.0 Å². The average Bonchev–Trinajstić information content (AvgIpc) is 3.28. The summed E-state index contributed by atoms with van der Waals surface area (Å²) in [5.41, 5.74) is 4.30. The molecule has 28 heavy (non-hydrogen) atoms. The van der Waals surface area contributed by atoms with Crippen LogP contribution in [0, 0.1) is 19.8 Å². The van der Waals surface area contributed by atoms with Crippen molar-refractivity contribution >= 4 is 5.91 Å². The smallest absolute Gasteiger partial charge is 0.253 e. The monoisotopic (exact) mass is 377 g/mol. The molecule has 1 N–H and O–H groups in total. The third-order valence-corrected chi connectivity index (χ3v) is 5.28. The van der Waals surface area contributed by atoms with E-state index in [0.717, 1.165) is 54.3 Å².